The van der Waals surface area contributed by atoms with E-state index in [0.29, 0.717) is 6.04 Å². The molecule has 0 N–H and O–H groups in total. The quantitative estimate of drug-likeness (QED) is 0.689. The summed E-state index contributed by atoms with van der Waals surface area (Å²) in [6.45, 7) is 6.80. The maximum atomic E-state index is 11.5. The number of carbonyl (C=O) groups is 1. The number of hydrogen-bond donors (Lipinski definition) is 0. The van der Waals surface area contributed by atoms with E-state index >= 15 is 0 Å². The zero-order valence-corrected chi connectivity index (χ0v) is 11.0. The number of hydrogen-bond acceptors (Lipinski definition) is 4. The summed E-state index contributed by atoms with van der Waals surface area (Å²) in [5, 5.41) is 0. The molecule has 2 aliphatic heterocycles. The summed E-state index contributed by atoms with van der Waals surface area (Å²) in [5.41, 5.74) is 0. The predicted molar refractivity (Wildman–Crippen MR) is 66.9 cm³/mol. The van der Waals surface area contributed by atoms with Crippen LogP contribution in [0.4, 0.5) is 0 Å². The number of ether oxygens (including phenoxy) is 1. The van der Waals surface area contributed by atoms with Gasteiger partial charge in [-0.3, -0.25) is 9.69 Å². The van der Waals surface area contributed by atoms with Gasteiger partial charge in [-0.15, -0.1) is 0 Å². The third-order valence-corrected chi connectivity index (χ3v) is 4.07. The predicted octanol–water partition coefficient (Wildman–Crippen LogP) is 1.11. The summed E-state index contributed by atoms with van der Waals surface area (Å²) in [7, 11) is 1.48. The Morgan fingerprint density at radius 1 is 1.29 bits per heavy atom. The van der Waals surface area contributed by atoms with Crippen molar-refractivity contribution in [3.8, 4) is 0 Å². The summed E-state index contributed by atoms with van der Waals surface area (Å²) >= 11 is 0. The first-order valence-corrected chi connectivity index (χ1v) is 6.78. The number of esters is 1. The van der Waals surface area contributed by atoms with Crippen molar-refractivity contribution < 1.29 is 9.53 Å². The van der Waals surface area contributed by atoms with E-state index < -0.39 is 0 Å². The number of likely N-dealkylation sites (tertiary alicyclic amines) is 2. The van der Waals surface area contributed by atoms with Crippen molar-refractivity contribution in [2.45, 2.75) is 44.7 Å². The lowest BCUT2D eigenvalue weighted by Gasteiger charge is -2.44. The van der Waals surface area contributed by atoms with Gasteiger partial charge in [-0.05, 0) is 39.3 Å². The van der Waals surface area contributed by atoms with Crippen LogP contribution >= 0.6 is 0 Å². The molecule has 4 heteroatoms. The zero-order valence-electron chi connectivity index (χ0n) is 11.0. The fraction of sp³-hybridized carbons (Fsp3) is 0.923. The van der Waals surface area contributed by atoms with Gasteiger partial charge in [-0.25, -0.2) is 0 Å². The van der Waals surface area contributed by atoms with Crippen LogP contribution in [0.25, 0.3) is 0 Å². The van der Waals surface area contributed by atoms with Gasteiger partial charge in [0.25, 0.3) is 0 Å². The highest BCUT2D eigenvalue weighted by molar-refractivity contribution is 5.76. The third-order valence-electron chi connectivity index (χ3n) is 4.07. The van der Waals surface area contributed by atoms with Crippen LogP contribution < -0.4 is 0 Å². The Hall–Kier alpha value is -0.610. The van der Waals surface area contributed by atoms with Gasteiger partial charge in [0.15, 0.2) is 0 Å². The van der Waals surface area contributed by atoms with Crippen molar-refractivity contribution in [3.63, 3.8) is 0 Å². The molecule has 0 aromatic rings. The minimum atomic E-state index is -0.0678. The van der Waals surface area contributed by atoms with Gasteiger partial charge in [0, 0.05) is 19.1 Å². The molecule has 2 aliphatic rings. The van der Waals surface area contributed by atoms with Crippen molar-refractivity contribution in [2.75, 3.05) is 33.3 Å². The van der Waals surface area contributed by atoms with Crippen molar-refractivity contribution in [1.82, 2.24) is 9.80 Å². The second kappa shape index (κ2) is 5.83. The molecule has 0 aromatic carbocycles. The molecule has 2 atom stereocenters. The Labute approximate surface area is 104 Å². The molecule has 2 fully saturated rings. The minimum Gasteiger partial charge on any atom is -0.468 e. The van der Waals surface area contributed by atoms with E-state index in [4.69, 9.17) is 4.74 Å². The zero-order chi connectivity index (χ0) is 12.3. The molecule has 0 spiro atoms. The van der Waals surface area contributed by atoms with Crippen LogP contribution in [0.2, 0.25) is 0 Å². The summed E-state index contributed by atoms with van der Waals surface area (Å²) in [6, 6.07) is 0.478. The van der Waals surface area contributed by atoms with E-state index in [1.165, 1.54) is 39.5 Å². The normalized spacial score (nSPS) is 28.5. The second-order valence-corrected chi connectivity index (χ2v) is 5.28. The molecule has 0 saturated carbocycles. The molecule has 2 saturated heterocycles. The van der Waals surface area contributed by atoms with Crippen molar-refractivity contribution in [3.05, 3.63) is 0 Å². The third kappa shape index (κ3) is 2.99. The lowest BCUT2D eigenvalue weighted by atomic mass is 9.99. The highest BCUT2D eigenvalue weighted by atomic mass is 16.5. The fourth-order valence-corrected chi connectivity index (χ4v) is 2.94. The van der Waals surface area contributed by atoms with E-state index in [-0.39, 0.29) is 12.0 Å². The summed E-state index contributed by atoms with van der Waals surface area (Å²) in [4.78, 5) is 16.3. The molecule has 98 valence electrons. The van der Waals surface area contributed by atoms with Gasteiger partial charge in [-0.1, -0.05) is 6.42 Å². The van der Waals surface area contributed by atoms with Gasteiger partial charge in [0.1, 0.15) is 6.04 Å². The maximum absolute atomic E-state index is 11.5. The van der Waals surface area contributed by atoms with Crippen LogP contribution in [0.15, 0.2) is 0 Å². The first-order chi connectivity index (χ1) is 8.22. The van der Waals surface area contributed by atoms with E-state index in [9.17, 15) is 4.79 Å². The average molecular weight is 240 g/mol. The first kappa shape index (κ1) is 12.8. The van der Waals surface area contributed by atoms with Crippen LogP contribution in [0.5, 0.6) is 0 Å². The Bertz CT molecular complexity index is 264. The van der Waals surface area contributed by atoms with Crippen molar-refractivity contribution in [2.24, 2.45) is 0 Å². The molecule has 0 aliphatic carbocycles. The smallest absolute Gasteiger partial charge is 0.323 e. The molecule has 4 nitrogen and oxygen atoms in total. The molecule has 0 aromatic heterocycles. The highest BCUT2D eigenvalue weighted by Gasteiger charge is 2.38. The first-order valence-electron chi connectivity index (χ1n) is 6.78. The SMILES string of the molecule is COC(=O)C1CCN1C(C)CN1CCCCC1. The van der Waals surface area contributed by atoms with Crippen LogP contribution in [0.1, 0.15) is 32.6 Å². The Balaban J connectivity index is 1.79. The van der Waals surface area contributed by atoms with Crippen LogP contribution in [-0.4, -0.2) is 61.1 Å². The average Bonchev–Trinajstić information content (AvgIpc) is 2.28. The van der Waals surface area contributed by atoms with Gasteiger partial charge >= 0.3 is 5.97 Å². The van der Waals surface area contributed by atoms with Gasteiger partial charge in [-0.2, -0.15) is 0 Å². The Morgan fingerprint density at radius 3 is 2.53 bits per heavy atom. The number of piperidine rings is 1. The van der Waals surface area contributed by atoms with E-state index in [1.54, 1.807) is 0 Å². The number of rotatable bonds is 4. The summed E-state index contributed by atoms with van der Waals surface area (Å²) < 4.78 is 4.83. The molecule has 0 radical (unpaired) electrons. The molecule has 0 amide bonds. The van der Waals surface area contributed by atoms with Crippen LogP contribution in [-0.2, 0) is 9.53 Å². The maximum Gasteiger partial charge on any atom is 0.323 e. The lowest BCUT2D eigenvalue weighted by Crippen LogP contribution is -2.59. The molecular formula is C13H24N2O2. The topological polar surface area (TPSA) is 32.8 Å². The van der Waals surface area contributed by atoms with Gasteiger partial charge < -0.3 is 9.64 Å². The van der Waals surface area contributed by atoms with Gasteiger partial charge in [0.05, 0.1) is 7.11 Å². The monoisotopic (exact) mass is 240 g/mol. The minimum absolute atomic E-state index is 0.0137. The summed E-state index contributed by atoms with van der Waals surface area (Å²) in [5.74, 6) is -0.0678. The second-order valence-electron chi connectivity index (χ2n) is 5.28. The number of carbonyl (C=O) groups excluding carboxylic acids is 1. The van der Waals surface area contributed by atoms with Gasteiger partial charge in [0.2, 0.25) is 0 Å². The molecule has 17 heavy (non-hydrogen) atoms. The molecule has 2 unspecified atom stereocenters. The van der Waals surface area contributed by atoms with Crippen molar-refractivity contribution >= 4 is 5.97 Å². The molecular weight excluding hydrogens is 216 g/mol. The Morgan fingerprint density at radius 2 is 2.00 bits per heavy atom. The van der Waals surface area contributed by atoms with Crippen LogP contribution in [0, 0.1) is 0 Å². The number of nitrogens with zero attached hydrogens (tertiary/aromatic N) is 2. The Kier molecular flexibility index (Phi) is 4.40. The molecule has 2 heterocycles. The standard InChI is InChI=1S/C13H24N2O2/c1-11(10-14-7-4-3-5-8-14)15-9-6-12(15)13(16)17-2/h11-12H,3-10H2,1-2H3. The van der Waals surface area contributed by atoms with E-state index in [2.05, 4.69) is 16.7 Å². The fourth-order valence-electron chi connectivity index (χ4n) is 2.94. The largest absolute Gasteiger partial charge is 0.468 e. The van der Waals surface area contributed by atoms with E-state index in [1.807, 2.05) is 0 Å². The van der Waals surface area contributed by atoms with E-state index in [0.717, 1.165) is 19.5 Å². The number of methoxy groups -OCH3 is 1. The lowest BCUT2D eigenvalue weighted by molar-refractivity contribution is -0.154. The molecule has 0 bridgehead atoms. The van der Waals surface area contributed by atoms with Crippen molar-refractivity contribution in [1.29, 1.82) is 0 Å². The summed E-state index contributed by atoms with van der Waals surface area (Å²) in [6.07, 6.45) is 4.98. The molecule has 2 rings (SSSR count). The highest BCUT2D eigenvalue weighted by Crippen LogP contribution is 2.22. The van der Waals surface area contributed by atoms with Crippen LogP contribution in [0.3, 0.4) is 0 Å².